The number of esters is 1. The van der Waals surface area contributed by atoms with E-state index in [1.165, 1.54) is 43.5 Å². The maximum atomic E-state index is 13.6. The molecule has 35 heavy (non-hydrogen) atoms. The summed E-state index contributed by atoms with van der Waals surface area (Å²) in [4.78, 5) is 48.2. The first-order valence-electron chi connectivity index (χ1n) is 10.0. The number of benzene rings is 2. The molecule has 2 aromatic carbocycles. The Morgan fingerprint density at radius 1 is 0.943 bits per heavy atom. The summed E-state index contributed by atoms with van der Waals surface area (Å²) in [6.07, 6.45) is 0.0539. The quantitative estimate of drug-likeness (QED) is 0.329. The summed E-state index contributed by atoms with van der Waals surface area (Å²) in [6, 6.07) is 10.1. The summed E-state index contributed by atoms with van der Waals surface area (Å²) >= 11 is 0. The lowest BCUT2D eigenvalue weighted by Crippen LogP contribution is -2.40. The van der Waals surface area contributed by atoms with E-state index in [4.69, 9.17) is 9.15 Å². The average molecular weight is 489 g/mol. The lowest BCUT2D eigenvalue weighted by molar-refractivity contribution is -0.130. The number of rotatable bonds is 8. The van der Waals surface area contributed by atoms with Crippen LogP contribution in [0.4, 0.5) is 24.5 Å². The van der Waals surface area contributed by atoms with Crippen LogP contribution in [0.15, 0.2) is 59.2 Å². The van der Waals surface area contributed by atoms with E-state index >= 15 is 0 Å². The van der Waals surface area contributed by atoms with Crippen LogP contribution in [0, 0.1) is 17.5 Å². The number of hydrogen-bond acceptors (Lipinski definition) is 6. The molecule has 0 saturated heterocycles. The Bertz CT molecular complexity index is 1250. The first-order chi connectivity index (χ1) is 16.7. The second-order valence-electron chi connectivity index (χ2n) is 7.05. The predicted molar refractivity (Wildman–Crippen MR) is 116 cm³/mol. The molecule has 182 valence electrons. The van der Waals surface area contributed by atoms with Crippen LogP contribution >= 0.6 is 0 Å². The van der Waals surface area contributed by atoms with Gasteiger partial charge in [0.1, 0.15) is 0 Å². The maximum Gasteiger partial charge on any atom is 0.338 e. The molecule has 3 aromatic rings. The molecule has 1 heterocycles. The fourth-order valence-corrected chi connectivity index (χ4v) is 2.70. The monoisotopic (exact) mass is 489 g/mol. The zero-order chi connectivity index (χ0) is 25.5. The minimum absolute atomic E-state index is 0.0900. The van der Waals surface area contributed by atoms with Gasteiger partial charge in [0, 0.05) is 5.69 Å². The minimum Gasteiger partial charge on any atom is -0.459 e. The molecular weight excluding hydrogens is 471 g/mol. The summed E-state index contributed by atoms with van der Waals surface area (Å²) in [5.41, 5.74) is -0.129. The average Bonchev–Trinajstić information content (AvgIpc) is 3.38. The van der Waals surface area contributed by atoms with Crippen LogP contribution in [0.25, 0.3) is 0 Å². The van der Waals surface area contributed by atoms with E-state index in [1.807, 2.05) is 5.32 Å². The summed E-state index contributed by atoms with van der Waals surface area (Å²) in [5.74, 6) is -7.72. The number of ether oxygens (including phenoxy) is 1. The summed E-state index contributed by atoms with van der Waals surface area (Å²) < 4.78 is 49.8. The van der Waals surface area contributed by atoms with Crippen molar-refractivity contribution in [2.24, 2.45) is 0 Å². The van der Waals surface area contributed by atoms with Crippen molar-refractivity contribution in [1.29, 1.82) is 0 Å². The van der Waals surface area contributed by atoms with Crippen molar-refractivity contribution in [2.45, 2.75) is 13.0 Å². The predicted octanol–water partition coefficient (Wildman–Crippen LogP) is 3.25. The molecule has 3 N–H and O–H groups in total. The van der Waals surface area contributed by atoms with E-state index in [-0.39, 0.29) is 11.3 Å². The first-order valence-corrected chi connectivity index (χ1v) is 10.0. The van der Waals surface area contributed by atoms with Gasteiger partial charge in [0.05, 0.1) is 24.1 Å². The van der Waals surface area contributed by atoms with Gasteiger partial charge in [0.25, 0.3) is 11.8 Å². The Morgan fingerprint density at radius 3 is 2.31 bits per heavy atom. The molecule has 12 heteroatoms. The molecule has 0 saturated carbocycles. The zero-order valence-corrected chi connectivity index (χ0v) is 18.1. The highest BCUT2D eigenvalue weighted by Gasteiger charge is 2.21. The van der Waals surface area contributed by atoms with E-state index in [9.17, 15) is 32.3 Å². The summed E-state index contributed by atoms with van der Waals surface area (Å²) in [5, 5.41) is 6.74. The minimum atomic E-state index is -1.75. The van der Waals surface area contributed by atoms with Crippen molar-refractivity contribution < 1.29 is 41.5 Å². The van der Waals surface area contributed by atoms with Gasteiger partial charge in [-0.3, -0.25) is 14.4 Å². The second kappa shape index (κ2) is 11.0. The van der Waals surface area contributed by atoms with Crippen molar-refractivity contribution in [1.82, 2.24) is 5.32 Å². The third-order valence-corrected chi connectivity index (χ3v) is 4.51. The number of carbonyl (C=O) groups is 4. The number of amides is 3. The Morgan fingerprint density at radius 2 is 1.66 bits per heavy atom. The van der Waals surface area contributed by atoms with Gasteiger partial charge in [-0.25, -0.2) is 18.0 Å². The molecule has 1 unspecified atom stereocenters. The molecule has 0 spiro atoms. The van der Waals surface area contributed by atoms with E-state index in [2.05, 4.69) is 10.6 Å². The van der Waals surface area contributed by atoms with Gasteiger partial charge in [0.15, 0.2) is 29.3 Å². The van der Waals surface area contributed by atoms with Crippen molar-refractivity contribution in [3.8, 4) is 0 Å². The Balaban J connectivity index is 1.47. The largest absolute Gasteiger partial charge is 0.459 e. The molecule has 9 nitrogen and oxygen atoms in total. The van der Waals surface area contributed by atoms with E-state index in [0.29, 0.717) is 11.8 Å². The summed E-state index contributed by atoms with van der Waals surface area (Å²) in [7, 11) is 0. The van der Waals surface area contributed by atoms with Crippen LogP contribution in [-0.2, 0) is 14.3 Å². The lowest BCUT2D eigenvalue weighted by Gasteiger charge is -2.14. The third-order valence-electron chi connectivity index (χ3n) is 4.51. The number of halogens is 3. The van der Waals surface area contributed by atoms with E-state index in [1.54, 1.807) is 6.07 Å². The van der Waals surface area contributed by atoms with Crippen molar-refractivity contribution in [2.75, 3.05) is 17.2 Å². The molecule has 3 rings (SSSR count). The molecular formula is C23H18F3N3O6. The molecule has 3 amide bonds. The maximum absolute atomic E-state index is 13.6. The molecule has 0 fully saturated rings. The number of carbonyl (C=O) groups excluding carboxylic acids is 4. The topological polar surface area (TPSA) is 127 Å². The van der Waals surface area contributed by atoms with Crippen LogP contribution in [0.2, 0.25) is 0 Å². The highest BCUT2D eigenvalue weighted by Crippen LogP contribution is 2.19. The zero-order valence-electron chi connectivity index (χ0n) is 18.1. The highest BCUT2D eigenvalue weighted by molar-refractivity contribution is 6.02. The first kappa shape index (κ1) is 25.0. The van der Waals surface area contributed by atoms with Gasteiger partial charge in [-0.05, 0) is 55.5 Å². The number of hydrogen-bond donors (Lipinski definition) is 3. The van der Waals surface area contributed by atoms with Crippen molar-refractivity contribution >= 4 is 35.1 Å². The second-order valence-corrected chi connectivity index (χ2v) is 7.05. The van der Waals surface area contributed by atoms with Gasteiger partial charge in [0.2, 0.25) is 5.91 Å². The van der Waals surface area contributed by atoms with Crippen LogP contribution < -0.4 is 16.0 Å². The normalized spacial score (nSPS) is 11.3. The smallest absolute Gasteiger partial charge is 0.338 e. The Hall–Kier alpha value is -4.61. The van der Waals surface area contributed by atoms with Gasteiger partial charge < -0.3 is 25.1 Å². The SMILES string of the molecule is CC(OC(=O)c1ccc(NC(=O)c2ccco2)cc1)C(=O)NCC(=O)Nc1ccc(F)c(F)c1F. The van der Waals surface area contributed by atoms with Gasteiger partial charge in [-0.2, -0.15) is 0 Å². The molecule has 0 bridgehead atoms. The Kier molecular flexibility index (Phi) is 7.87. The van der Waals surface area contributed by atoms with Crippen LogP contribution in [-0.4, -0.2) is 36.3 Å². The molecule has 0 aliphatic carbocycles. The molecule has 0 radical (unpaired) electrons. The van der Waals surface area contributed by atoms with Gasteiger partial charge in [-0.1, -0.05) is 0 Å². The Labute approximate surface area is 196 Å². The van der Waals surface area contributed by atoms with Crippen LogP contribution in [0.3, 0.4) is 0 Å². The van der Waals surface area contributed by atoms with Crippen molar-refractivity contribution in [3.63, 3.8) is 0 Å². The summed E-state index contributed by atoms with van der Waals surface area (Å²) in [6.45, 7) is 0.612. The fourth-order valence-electron chi connectivity index (χ4n) is 2.70. The molecule has 0 aliphatic heterocycles. The highest BCUT2D eigenvalue weighted by atomic mass is 19.2. The van der Waals surface area contributed by atoms with E-state index in [0.717, 1.165) is 6.07 Å². The van der Waals surface area contributed by atoms with Gasteiger partial charge in [-0.15, -0.1) is 0 Å². The standard InChI is InChI=1S/C23H18F3N3O6/c1-12(21(31)27-11-18(30)29-16-9-8-15(24)19(25)20(16)26)35-23(33)13-4-6-14(7-5-13)28-22(32)17-3-2-10-34-17/h2-10,12H,11H2,1H3,(H,27,31)(H,28,32)(H,29,30). The van der Waals surface area contributed by atoms with E-state index < -0.39 is 59.5 Å². The van der Waals surface area contributed by atoms with Gasteiger partial charge >= 0.3 is 5.97 Å². The van der Waals surface area contributed by atoms with Crippen molar-refractivity contribution in [3.05, 3.63) is 83.6 Å². The molecule has 1 aromatic heterocycles. The lowest BCUT2D eigenvalue weighted by atomic mass is 10.2. The number of nitrogens with one attached hydrogen (secondary N) is 3. The fraction of sp³-hybridized carbons (Fsp3) is 0.130. The van der Waals surface area contributed by atoms with Crippen LogP contribution in [0.1, 0.15) is 27.8 Å². The van der Waals surface area contributed by atoms with Crippen LogP contribution in [0.5, 0.6) is 0 Å². The third kappa shape index (κ3) is 6.47. The number of anilines is 2. The number of furan rings is 1. The molecule has 0 aliphatic rings. The molecule has 1 atom stereocenters.